The molecule has 3 N–H and O–H groups in total. The van der Waals surface area contributed by atoms with Crippen LogP contribution in [0.15, 0.2) is 42.5 Å². The molecule has 2 aromatic carbocycles. The first-order valence-corrected chi connectivity index (χ1v) is 5.82. The van der Waals surface area contributed by atoms with Gasteiger partial charge in [0.15, 0.2) is 0 Å². The Morgan fingerprint density at radius 2 is 2.05 bits per heavy atom. The minimum absolute atomic E-state index is 0.231. The highest BCUT2D eigenvalue weighted by atomic mass is 19.1. The molecule has 0 amide bonds. The average molecular weight is 257 g/mol. The van der Waals surface area contributed by atoms with Crippen molar-refractivity contribution in [2.24, 2.45) is 0 Å². The number of aliphatic hydroxyl groups excluding tert-OH is 1. The van der Waals surface area contributed by atoms with Crippen molar-refractivity contribution >= 4 is 16.7 Å². The van der Waals surface area contributed by atoms with Gasteiger partial charge >= 0.3 is 0 Å². The Bertz CT molecular complexity index is 752. The number of aromatic nitrogens is 2. The van der Waals surface area contributed by atoms with Crippen LogP contribution in [0.5, 0.6) is 0 Å². The highest BCUT2D eigenvalue weighted by Gasteiger charge is 2.12. The van der Waals surface area contributed by atoms with E-state index in [4.69, 9.17) is 5.73 Å². The SMILES string of the molecule is Nc1ccc2c(c1)nc(CO)n2-c1cccc(F)c1. The molecule has 0 bridgehead atoms. The molecule has 4 nitrogen and oxygen atoms in total. The first kappa shape index (κ1) is 11.7. The van der Waals surface area contributed by atoms with Crippen molar-refractivity contribution in [1.82, 2.24) is 9.55 Å². The van der Waals surface area contributed by atoms with E-state index in [1.54, 1.807) is 28.8 Å². The van der Waals surface area contributed by atoms with Crippen molar-refractivity contribution in [2.75, 3.05) is 5.73 Å². The molecule has 0 saturated heterocycles. The second-order valence-corrected chi connectivity index (χ2v) is 4.25. The largest absolute Gasteiger partial charge is 0.399 e. The molecule has 0 unspecified atom stereocenters. The summed E-state index contributed by atoms with van der Waals surface area (Å²) in [5, 5.41) is 9.41. The molecular weight excluding hydrogens is 245 g/mol. The van der Waals surface area contributed by atoms with Gasteiger partial charge in [0.1, 0.15) is 18.2 Å². The van der Waals surface area contributed by atoms with Crippen LogP contribution in [0.2, 0.25) is 0 Å². The van der Waals surface area contributed by atoms with Gasteiger partial charge in [0.25, 0.3) is 0 Å². The van der Waals surface area contributed by atoms with Crippen LogP contribution in [0.3, 0.4) is 0 Å². The van der Waals surface area contributed by atoms with Crippen LogP contribution in [-0.2, 0) is 6.61 Å². The summed E-state index contributed by atoms with van der Waals surface area (Å²) in [5.41, 5.74) is 8.39. The second-order valence-electron chi connectivity index (χ2n) is 4.25. The van der Waals surface area contributed by atoms with E-state index in [1.807, 2.05) is 6.07 Å². The van der Waals surface area contributed by atoms with E-state index in [9.17, 15) is 9.50 Å². The van der Waals surface area contributed by atoms with Gasteiger partial charge in [0.05, 0.1) is 16.7 Å². The predicted octanol–water partition coefficient (Wildman–Crippen LogP) is 2.24. The Kier molecular flexibility index (Phi) is 2.68. The average Bonchev–Trinajstić information content (AvgIpc) is 2.76. The molecule has 19 heavy (non-hydrogen) atoms. The summed E-state index contributed by atoms with van der Waals surface area (Å²) in [5.74, 6) is 0.116. The smallest absolute Gasteiger partial charge is 0.140 e. The molecule has 5 heteroatoms. The summed E-state index contributed by atoms with van der Waals surface area (Å²) >= 11 is 0. The van der Waals surface area contributed by atoms with Crippen LogP contribution < -0.4 is 5.73 Å². The first-order chi connectivity index (χ1) is 9.19. The zero-order valence-electron chi connectivity index (χ0n) is 10.0. The molecule has 0 spiro atoms. The van der Waals surface area contributed by atoms with E-state index in [1.165, 1.54) is 12.1 Å². The van der Waals surface area contributed by atoms with Gasteiger partial charge in [-0.3, -0.25) is 4.57 Å². The maximum Gasteiger partial charge on any atom is 0.140 e. The van der Waals surface area contributed by atoms with Crippen LogP contribution in [0, 0.1) is 5.82 Å². The van der Waals surface area contributed by atoms with E-state index in [0.717, 1.165) is 5.52 Å². The Labute approximate surface area is 108 Å². The summed E-state index contributed by atoms with van der Waals surface area (Å²) in [7, 11) is 0. The van der Waals surface area contributed by atoms with Crippen LogP contribution in [0.4, 0.5) is 10.1 Å². The number of nitrogens with zero attached hydrogens (tertiary/aromatic N) is 2. The highest BCUT2D eigenvalue weighted by Crippen LogP contribution is 2.23. The monoisotopic (exact) mass is 257 g/mol. The number of hydrogen-bond acceptors (Lipinski definition) is 3. The number of benzene rings is 2. The normalized spacial score (nSPS) is 11.1. The molecule has 1 aromatic heterocycles. The van der Waals surface area contributed by atoms with Gasteiger partial charge in [-0.15, -0.1) is 0 Å². The Balaban J connectivity index is 2.32. The topological polar surface area (TPSA) is 64.1 Å². The van der Waals surface area contributed by atoms with E-state index >= 15 is 0 Å². The lowest BCUT2D eigenvalue weighted by molar-refractivity contribution is 0.270. The molecular formula is C14H12FN3O. The van der Waals surface area contributed by atoms with Crippen molar-refractivity contribution in [3.8, 4) is 5.69 Å². The van der Waals surface area contributed by atoms with Crippen LogP contribution in [0.1, 0.15) is 5.82 Å². The Morgan fingerprint density at radius 3 is 2.79 bits per heavy atom. The molecule has 1 heterocycles. The zero-order valence-corrected chi connectivity index (χ0v) is 10.0. The fourth-order valence-electron chi connectivity index (χ4n) is 2.16. The lowest BCUT2D eigenvalue weighted by Crippen LogP contribution is -2.01. The molecule has 0 aliphatic heterocycles. The third-order valence-electron chi connectivity index (χ3n) is 2.96. The minimum Gasteiger partial charge on any atom is -0.399 e. The third kappa shape index (κ3) is 1.94. The number of nitrogens with two attached hydrogens (primary N) is 1. The van der Waals surface area contributed by atoms with Gasteiger partial charge in [-0.25, -0.2) is 9.37 Å². The van der Waals surface area contributed by atoms with Crippen molar-refractivity contribution in [3.05, 3.63) is 54.1 Å². The summed E-state index contributed by atoms with van der Waals surface area (Å²) in [6.07, 6.45) is 0. The molecule has 96 valence electrons. The molecule has 0 fully saturated rings. The predicted molar refractivity (Wildman–Crippen MR) is 71.4 cm³/mol. The van der Waals surface area contributed by atoms with Gasteiger partial charge in [0.2, 0.25) is 0 Å². The molecule has 3 rings (SSSR count). The quantitative estimate of drug-likeness (QED) is 0.692. The number of rotatable bonds is 2. The number of halogens is 1. The minimum atomic E-state index is -0.335. The standard InChI is InChI=1S/C14H12FN3O/c15-9-2-1-3-11(6-9)18-13-5-4-10(16)7-12(13)17-14(18)8-19/h1-7,19H,8,16H2. The van der Waals surface area contributed by atoms with E-state index < -0.39 is 0 Å². The molecule has 3 aromatic rings. The van der Waals surface area contributed by atoms with E-state index in [-0.39, 0.29) is 12.4 Å². The number of imidazole rings is 1. The van der Waals surface area contributed by atoms with Gasteiger partial charge in [-0.05, 0) is 36.4 Å². The van der Waals surface area contributed by atoms with E-state index in [0.29, 0.717) is 22.7 Å². The van der Waals surface area contributed by atoms with E-state index in [2.05, 4.69) is 4.98 Å². The van der Waals surface area contributed by atoms with Crippen molar-refractivity contribution in [2.45, 2.75) is 6.61 Å². The van der Waals surface area contributed by atoms with Crippen molar-refractivity contribution in [3.63, 3.8) is 0 Å². The molecule has 0 aliphatic carbocycles. The summed E-state index contributed by atoms with van der Waals surface area (Å²) in [4.78, 5) is 4.31. The number of anilines is 1. The second kappa shape index (κ2) is 4.37. The molecule has 0 radical (unpaired) electrons. The van der Waals surface area contributed by atoms with Gasteiger partial charge in [-0.1, -0.05) is 6.07 Å². The number of fused-ring (bicyclic) bond motifs is 1. The van der Waals surface area contributed by atoms with Crippen molar-refractivity contribution < 1.29 is 9.50 Å². The summed E-state index contributed by atoms with van der Waals surface area (Å²) in [6.45, 7) is -0.231. The third-order valence-corrected chi connectivity index (χ3v) is 2.96. The van der Waals surface area contributed by atoms with Crippen LogP contribution >= 0.6 is 0 Å². The van der Waals surface area contributed by atoms with Crippen LogP contribution in [0.25, 0.3) is 16.7 Å². The number of hydrogen-bond donors (Lipinski definition) is 2. The highest BCUT2D eigenvalue weighted by molar-refractivity contribution is 5.81. The fraction of sp³-hybridized carbons (Fsp3) is 0.0714. The summed E-state index contributed by atoms with van der Waals surface area (Å²) in [6, 6.07) is 11.4. The maximum atomic E-state index is 13.3. The number of aliphatic hydroxyl groups is 1. The zero-order chi connectivity index (χ0) is 13.4. The molecule has 0 atom stereocenters. The Morgan fingerprint density at radius 1 is 1.21 bits per heavy atom. The summed E-state index contributed by atoms with van der Waals surface area (Å²) < 4.78 is 15.1. The molecule has 0 aliphatic rings. The van der Waals surface area contributed by atoms with Crippen LogP contribution in [-0.4, -0.2) is 14.7 Å². The Hall–Kier alpha value is -2.40. The number of nitrogen functional groups attached to an aromatic ring is 1. The molecule has 0 saturated carbocycles. The first-order valence-electron chi connectivity index (χ1n) is 5.82. The lowest BCUT2D eigenvalue weighted by atomic mass is 10.2. The van der Waals surface area contributed by atoms with Gasteiger partial charge < -0.3 is 10.8 Å². The lowest BCUT2D eigenvalue weighted by Gasteiger charge is -2.07. The van der Waals surface area contributed by atoms with Gasteiger partial charge in [0, 0.05) is 5.69 Å². The fourth-order valence-corrected chi connectivity index (χ4v) is 2.16. The van der Waals surface area contributed by atoms with Gasteiger partial charge in [-0.2, -0.15) is 0 Å². The van der Waals surface area contributed by atoms with Crippen molar-refractivity contribution in [1.29, 1.82) is 0 Å². The maximum absolute atomic E-state index is 13.3.